The van der Waals surface area contributed by atoms with Gasteiger partial charge >= 0.3 is 12.2 Å². The number of rotatable bonds is 32. The van der Waals surface area contributed by atoms with E-state index in [1.165, 1.54) is 9.80 Å². The van der Waals surface area contributed by atoms with E-state index in [0.717, 1.165) is 50.1 Å². The molecule has 9 aromatic rings. The summed E-state index contributed by atoms with van der Waals surface area (Å²) in [5.74, 6) is -1.40. The Balaban J connectivity index is 1.16. The predicted molar refractivity (Wildman–Crippen MR) is 404 cm³/mol. The van der Waals surface area contributed by atoms with E-state index in [2.05, 4.69) is 120 Å². The first-order chi connectivity index (χ1) is 47.2. The van der Waals surface area contributed by atoms with Crippen LogP contribution < -0.4 is 10.6 Å². The SMILES string of the molecule is CN(CCCC(=O)[C@H](CSC(c1ccccc1)(c1ccccc1)c1ccccc1)NC(=O)[C@H](CSC(c1ccccc1)(c1ccccc1)c1ccccc1)CC(=O)[C@H](CSC(c1ccccc1)(c1ccccc1)c1ccccc1)NCCN(C)C(=O)OC(C)(C)C)C(=O)OC(C)(C)C. The van der Waals surface area contributed by atoms with Gasteiger partial charge in [-0.25, -0.2) is 9.59 Å². The molecule has 0 saturated heterocycles. The summed E-state index contributed by atoms with van der Waals surface area (Å²) in [6, 6.07) is 90.6. The molecule has 11 nitrogen and oxygen atoms in total. The van der Waals surface area contributed by atoms with Gasteiger partial charge in [0.2, 0.25) is 5.91 Å². The molecule has 3 amide bonds. The highest BCUT2D eigenvalue weighted by molar-refractivity contribution is 8.01. The first kappa shape index (κ1) is 73.6. The molecule has 508 valence electrons. The van der Waals surface area contributed by atoms with Crippen LogP contribution in [0.2, 0.25) is 0 Å². The second kappa shape index (κ2) is 34.7. The maximum absolute atomic E-state index is 16.5. The number of ether oxygens (including phenoxy) is 2. The lowest BCUT2D eigenvalue weighted by atomic mass is 9.84. The monoisotopic (exact) mass is 1360 g/mol. The molecule has 3 atom stereocenters. The average Bonchev–Trinajstić information content (AvgIpc) is 0.772. The number of hydrogen-bond donors (Lipinski definition) is 2. The molecule has 0 bridgehead atoms. The Labute approximate surface area is 593 Å². The lowest BCUT2D eigenvalue weighted by Gasteiger charge is -2.37. The van der Waals surface area contributed by atoms with Crippen molar-refractivity contribution in [3.8, 4) is 0 Å². The topological polar surface area (TPSA) is 134 Å². The second-order valence-corrected chi connectivity index (χ2v) is 30.3. The molecular weight excluding hydrogens is 1270 g/mol. The highest BCUT2D eigenvalue weighted by atomic mass is 32.2. The summed E-state index contributed by atoms with van der Waals surface area (Å²) in [6.07, 6.45) is -0.898. The third-order valence-corrected chi connectivity index (χ3v) is 22.1. The Bertz CT molecular complexity index is 3650. The summed E-state index contributed by atoms with van der Waals surface area (Å²) in [6.45, 7) is 11.6. The second-order valence-electron chi connectivity index (χ2n) is 26.6. The van der Waals surface area contributed by atoms with Gasteiger partial charge in [0, 0.05) is 63.8 Å². The molecule has 14 heteroatoms. The standard InChI is InChI=1S/C84H92N4O7S3/c1-80(2,3)94-78(92)87(7)57-36-55-75(89)74(62-98-84(70-49-30-15-31-50-70,71-51-32-16-33-52-71)72-53-34-17-35-54-72)86-77(91)63(60-96-82(64-37-18-9-19-38-64,65-39-20-10-21-40-65)66-41-22-11-23-42-66)59-76(90)73(85-56-58-88(8)79(93)95-81(4,5)6)61-97-83(67-43-24-12-25-44-67,68-45-26-13-27-46-68)69-47-28-14-29-48-69/h9-35,37-54,63,73-74,85H,36,55-62H2,1-8H3,(H,86,91)/t63-,73-,74-/m0/s1. The molecule has 9 rings (SSSR count). The molecular formula is C84H92N4O7S3. The summed E-state index contributed by atoms with van der Waals surface area (Å²) in [4.78, 5) is 78.1. The number of carbonyl (C=O) groups excluding carboxylic acids is 5. The molecule has 9 aromatic carbocycles. The summed E-state index contributed by atoms with van der Waals surface area (Å²) in [5, 5.41) is 7.01. The van der Waals surface area contributed by atoms with Crippen molar-refractivity contribution in [3.63, 3.8) is 0 Å². The number of nitrogens with one attached hydrogen (secondary N) is 2. The Kier molecular flexibility index (Phi) is 26.1. The molecule has 0 fully saturated rings. The maximum atomic E-state index is 16.5. The zero-order chi connectivity index (χ0) is 69.6. The van der Waals surface area contributed by atoms with Crippen molar-refractivity contribution in [3.05, 3.63) is 323 Å². The van der Waals surface area contributed by atoms with Crippen molar-refractivity contribution >= 4 is 64.9 Å². The first-order valence-corrected chi connectivity index (χ1v) is 36.6. The number of amides is 3. The summed E-state index contributed by atoms with van der Waals surface area (Å²) < 4.78 is 8.91. The van der Waals surface area contributed by atoms with Gasteiger partial charge in [-0.15, -0.1) is 35.3 Å². The molecule has 0 heterocycles. The molecule has 0 saturated carbocycles. The predicted octanol–water partition coefficient (Wildman–Crippen LogP) is 17.3. The highest BCUT2D eigenvalue weighted by Gasteiger charge is 2.43. The van der Waals surface area contributed by atoms with Crippen molar-refractivity contribution in [1.29, 1.82) is 0 Å². The van der Waals surface area contributed by atoms with Crippen LogP contribution in [0.15, 0.2) is 273 Å². The zero-order valence-corrected chi connectivity index (χ0v) is 60.0. The Hall–Kier alpha value is -8.66. The average molecular weight is 1370 g/mol. The van der Waals surface area contributed by atoms with Gasteiger partial charge in [0.25, 0.3) is 0 Å². The third kappa shape index (κ3) is 19.0. The van der Waals surface area contributed by atoms with Crippen LogP contribution in [0.5, 0.6) is 0 Å². The zero-order valence-electron chi connectivity index (χ0n) is 57.6. The molecule has 0 aliphatic rings. The number of benzene rings is 9. The lowest BCUT2D eigenvalue weighted by molar-refractivity contribution is -0.131. The van der Waals surface area contributed by atoms with Crippen LogP contribution in [0.4, 0.5) is 9.59 Å². The van der Waals surface area contributed by atoms with Gasteiger partial charge in [-0.3, -0.25) is 14.4 Å². The van der Waals surface area contributed by atoms with Gasteiger partial charge in [-0.05, 0) is 98.0 Å². The number of carbonyl (C=O) groups is 5. The first-order valence-electron chi connectivity index (χ1n) is 33.6. The Morgan fingerprint density at radius 3 is 0.918 bits per heavy atom. The fourth-order valence-electron chi connectivity index (χ4n) is 12.3. The van der Waals surface area contributed by atoms with Crippen LogP contribution in [0.25, 0.3) is 0 Å². The van der Waals surface area contributed by atoms with Gasteiger partial charge in [0.05, 0.1) is 32.2 Å². The van der Waals surface area contributed by atoms with E-state index in [4.69, 9.17) is 9.47 Å². The molecule has 0 aliphatic carbocycles. The molecule has 2 N–H and O–H groups in total. The Morgan fingerprint density at radius 2 is 0.633 bits per heavy atom. The Morgan fingerprint density at radius 1 is 0.367 bits per heavy atom. The van der Waals surface area contributed by atoms with Crippen molar-refractivity contribution in [2.75, 3.05) is 51.0 Å². The number of likely N-dealkylation sites (N-methyl/N-ethyl adjacent to an activating group) is 1. The van der Waals surface area contributed by atoms with Gasteiger partial charge in [-0.2, -0.15) is 0 Å². The van der Waals surface area contributed by atoms with Crippen LogP contribution >= 0.6 is 35.3 Å². The van der Waals surface area contributed by atoms with Crippen molar-refractivity contribution in [1.82, 2.24) is 20.4 Å². The number of thioether (sulfide) groups is 3. The fraction of sp³-hybridized carbons (Fsp3) is 0.298. The number of ketones is 2. The van der Waals surface area contributed by atoms with Crippen LogP contribution in [0.1, 0.15) is 111 Å². The van der Waals surface area contributed by atoms with E-state index in [0.29, 0.717) is 6.42 Å². The van der Waals surface area contributed by atoms with E-state index < -0.39 is 61.5 Å². The van der Waals surface area contributed by atoms with Crippen LogP contribution in [0, 0.1) is 5.92 Å². The molecule has 98 heavy (non-hydrogen) atoms. The quantitative estimate of drug-likeness (QED) is 0.0390. The number of nitrogens with zero attached hydrogens (tertiary/aromatic N) is 2. The van der Waals surface area contributed by atoms with E-state index in [1.54, 1.807) is 49.4 Å². The van der Waals surface area contributed by atoms with Crippen molar-refractivity contribution in [2.24, 2.45) is 5.92 Å². The van der Waals surface area contributed by atoms with Gasteiger partial charge in [0.1, 0.15) is 11.2 Å². The molecule has 0 unspecified atom stereocenters. The smallest absolute Gasteiger partial charge is 0.410 e. The fourth-order valence-corrected chi connectivity index (χ4v) is 17.1. The van der Waals surface area contributed by atoms with E-state index in [-0.39, 0.29) is 61.3 Å². The van der Waals surface area contributed by atoms with E-state index >= 15 is 14.4 Å². The van der Waals surface area contributed by atoms with Crippen molar-refractivity contribution < 1.29 is 33.4 Å². The molecule has 0 radical (unpaired) electrons. The van der Waals surface area contributed by atoms with Crippen LogP contribution in [-0.4, -0.2) is 114 Å². The van der Waals surface area contributed by atoms with E-state index in [9.17, 15) is 9.59 Å². The summed E-state index contributed by atoms with van der Waals surface area (Å²) in [7, 11) is 3.34. The molecule has 0 aromatic heterocycles. The summed E-state index contributed by atoms with van der Waals surface area (Å²) >= 11 is 4.80. The summed E-state index contributed by atoms with van der Waals surface area (Å²) in [5.41, 5.74) is 7.52. The van der Waals surface area contributed by atoms with Gasteiger partial charge < -0.3 is 29.9 Å². The van der Waals surface area contributed by atoms with Crippen LogP contribution in [0.3, 0.4) is 0 Å². The largest absolute Gasteiger partial charge is 0.444 e. The minimum Gasteiger partial charge on any atom is -0.444 e. The van der Waals surface area contributed by atoms with Crippen molar-refractivity contribution in [2.45, 2.75) is 98.3 Å². The third-order valence-electron chi connectivity index (χ3n) is 17.1. The minimum absolute atomic E-state index is 0.0259. The maximum Gasteiger partial charge on any atom is 0.410 e. The van der Waals surface area contributed by atoms with E-state index in [1.807, 2.05) is 205 Å². The number of Topliss-reactive ketones (excluding diaryl/α,β-unsaturated/α-hetero) is 2. The van der Waals surface area contributed by atoms with Gasteiger partial charge in [0.15, 0.2) is 11.6 Å². The highest BCUT2D eigenvalue weighted by Crippen LogP contribution is 2.52. The normalized spacial score (nSPS) is 12.9. The van der Waals surface area contributed by atoms with Gasteiger partial charge in [-0.1, -0.05) is 273 Å². The molecule has 0 spiro atoms. The van der Waals surface area contributed by atoms with Crippen LogP contribution in [-0.2, 0) is 38.1 Å². The minimum atomic E-state index is -1.07. The number of hydrogen-bond acceptors (Lipinski definition) is 11. The lowest BCUT2D eigenvalue weighted by Crippen LogP contribution is -2.49. The molecule has 0 aliphatic heterocycles.